The maximum Gasteiger partial charge on any atom is 0.333 e. The van der Waals surface area contributed by atoms with Gasteiger partial charge in [0.05, 0.1) is 0 Å². The molecule has 0 heterocycles. The lowest BCUT2D eigenvalue weighted by Gasteiger charge is -2.14. The summed E-state index contributed by atoms with van der Waals surface area (Å²) in [5, 5.41) is 13.4. The molecule has 0 fully saturated rings. The van der Waals surface area contributed by atoms with Gasteiger partial charge >= 0.3 is 5.97 Å². The van der Waals surface area contributed by atoms with Crippen molar-refractivity contribution in [2.45, 2.75) is 26.4 Å². The Kier molecular flexibility index (Phi) is 8.32. The summed E-state index contributed by atoms with van der Waals surface area (Å²) in [5.41, 5.74) is 2.43. The third kappa shape index (κ3) is 6.75. The largest absolute Gasteiger partial charge is 0.487 e. The van der Waals surface area contributed by atoms with E-state index in [4.69, 9.17) is 14.3 Å². The summed E-state index contributed by atoms with van der Waals surface area (Å²) in [6.07, 6.45) is -0.594. The van der Waals surface area contributed by atoms with Crippen molar-refractivity contribution < 1.29 is 24.2 Å². The van der Waals surface area contributed by atoms with E-state index in [1.807, 2.05) is 61.5 Å². The van der Waals surface area contributed by atoms with Crippen LogP contribution >= 0.6 is 0 Å². The highest BCUT2D eigenvalue weighted by Crippen LogP contribution is 2.16. The van der Waals surface area contributed by atoms with Crippen LogP contribution in [0, 0.1) is 0 Å². The van der Waals surface area contributed by atoms with Crippen molar-refractivity contribution in [3.8, 4) is 5.75 Å². The van der Waals surface area contributed by atoms with Crippen LogP contribution in [-0.4, -0.2) is 42.7 Å². The summed E-state index contributed by atoms with van der Waals surface area (Å²) in [6.45, 7) is 4.70. The number of carbonyl (C=O) groups is 1. The van der Waals surface area contributed by atoms with Crippen LogP contribution in [-0.2, 0) is 20.8 Å². The first-order valence-electron chi connectivity index (χ1n) is 8.94. The van der Waals surface area contributed by atoms with Gasteiger partial charge in [0, 0.05) is 18.6 Å². The molecule has 1 N–H and O–H groups in total. The second kappa shape index (κ2) is 11.0. The molecule has 0 aliphatic rings. The topological polar surface area (TPSA) is 77.3 Å². The van der Waals surface area contributed by atoms with Crippen molar-refractivity contribution in [2.24, 2.45) is 5.16 Å². The molecule has 6 heteroatoms. The predicted molar refractivity (Wildman–Crippen MR) is 103 cm³/mol. The molecule has 0 spiro atoms. The van der Waals surface area contributed by atoms with Crippen molar-refractivity contribution in [1.82, 2.24) is 0 Å². The number of carboxylic acids is 1. The van der Waals surface area contributed by atoms with Crippen LogP contribution in [0.5, 0.6) is 5.75 Å². The first-order valence-corrected chi connectivity index (χ1v) is 8.94. The average Bonchev–Trinajstić information content (AvgIpc) is 2.68. The third-order valence-corrected chi connectivity index (χ3v) is 3.75. The van der Waals surface area contributed by atoms with Crippen LogP contribution in [0.25, 0.3) is 0 Å². The molecule has 1 atom stereocenters. The van der Waals surface area contributed by atoms with E-state index in [1.54, 1.807) is 6.92 Å². The second-order valence-corrected chi connectivity index (χ2v) is 5.74. The number of hydrogen-bond acceptors (Lipinski definition) is 5. The molecule has 1 unspecified atom stereocenters. The molecular formula is C21H25NO5. The zero-order chi connectivity index (χ0) is 19.5. The van der Waals surface area contributed by atoms with E-state index in [1.165, 1.54) is 0 Å². The summed E-state index contributed by atoms with van der Waals surface area (Å²) in [6, 6.07) is 17.0. The molecule has 0 saturated heterocycles. The lowest BCUT2D eigenvalue weighted by atomic mass is 10.1. The van der Waals surface area contributed by atoms with E-state index in [-0.39, 0.29) is 13.0 Å². The zero-order valence-electron chi connectivity index (χ0n) is 15.6. The molecule has 144 valence electrons. The van der Waals surface area contributed by atoms with Crippen molar-refractivity contribution in [1.29, 1.82) is 0 Å². The van der Waals surface area contributed by atoms with Gasteiger partial charge in [0.2, 0.25) is 0 Å². The molecule has 27 heavy (non-hydrogen) atoms. The number of carboxylic acid groups (broad SMARTS) is 1. The Balaban J connectivity index is 2.07. The normalized spacial score (nSPS) is 12.4. The molecular weight excluding hydrogens is 346 g/mol. The Morgan fingerprint density at radius 3 is 2.52 bits per heavy atom. The number of rotatable bonds is 11. The monoisotopic (exact) mass is 371 g/mol. The van der Waals surface area contributed by atoms with E-state index in [9.17, 15) is 9.90 Å². The maximum absolute atomic E-state index is 11.3. The molecule has 2 aromatic carbocycles. The summed E-state index contributed by atoms with van der Waals surface area (Å²) < 4.78 is 11.1. The van der Waals surface area contributed by atoms with Crippen LogP contribution in [0.15, 0.2) is 59.8 Å². The van der Waals surface area contributed by atoms with E-state index in [0.29, 0.717) is 24.7 Å². The minimum absolute atomic E-state index is 0.237. The van der Waals surface area contributed by atoms with Crippen LogP contribution in [0.1, 0.15) is 25.0 Å². The van der Waals surface area contributed by atoms with Crippen molar-refractivity contribution >= 4 is 11.7 Å². The fourth-order valence-corrected chi connectivity index (χ4v) is 2.48. The zero-order valence-corrected chi connectivity index (χ0v) is 15.6. The highest BCUT2D eigenvalue weighted by Gasteiger charge is 2.18. The van der Waals surface area contributed by atoms with Crippen LogP contribution in [0.3, 0.4) is 0 Å². The summed E-state index contributed by atoms with van der Waals surface area (Å²) in [4.78, 5) is 16.5. The summed E-state index contributed by atoms with van der Waals surface area (Å²) >= 11 is 0. The fraction of sp³-hybridized carbons (Fsp3) is 0.333. The molecule has 2 rings (SSSR count). The Hall–Kier alpha value is -2.86. The Morgan fingerprint density at radius 1 is 1.07 bits per heavy atom. The molecule has 0 aromatic heterocycles. The molecule has 2 aromatic rings. The first-order chi connectivity index (χ1) is 13.1. The van der Waals surface area contributed by atoms with E-state index in [0.717, 1.165) is 11.1 Å². The number of nitrogens with zero attached hydrogens (tertiary/aromatic N) is 1. The van der Waals surface area contributed by atoms with E-state index >= 15 is 0 Å². The molecule has 0 aliphatic heterocycles. The number of hydrogen-bond donors (Lipinski definition) is 1. The Bertz CT molecular complexity index is 745. The molecule has 0 bridgehead atoms. The van der Waals surface area contributed by atoms with Gasteiger partial charge in [-0.1, -0.05) is 47.6 Å². The van der Waals surface area contributed by atoms with E-state index in [2.05, 4.69) is 5.16 Å². The van der Waals surface area contributed by atoms with Crippen LogP contribution < -0.4 is 4.74 Å². The van der Waals surface area contributed by atoms with Gasteiger partial charge < -0.3 is 19.4 Å². The third-order valence-electron chi connectivity index (χ3n) is 3.75. The average molecular weight is 371 g/mol. The second-order valence-electron chi connectivity index (χ2n) is 5.74. The van der Waals surface area contributed by atoms with Gasteiger partial charge in [0.15, 0.2) is 6.10 Å². The molecule has 6 nitrogen and oxygen atoms in total. The number of oxime groups is 1. The minimum Gasteiger partial charge on any atom is -0.487 e. The van der Waals surface area contributed by atoms with Crippen molar-refractivity contribution in [3.05, 3.63) is 65.7 Å². The van der Waals surface area contributed by atoms with Gasteiger partial charge in [-0.05, 0) is 31.5 Å². The number of ether oxygens (including phenoxy) is 2. The van der Waals surface area contributed by atoms with Crippen LogP contribution in [0.4, 0.5) is 0 Å². The quantitative estimate of drug-likeness (QED) is 0.483. The first kappa shape index (κ1) is 20.5. The summed E-state index contributed by atoms with van der Waals surface area (Å²) in [5.74, 6) is -0.341. The highest BCUT2D eigenvalue weighted by molar-refractivity contribution is 6.01. The SMILES string of the molecule is CCO/N=C(\COc1cccc(CC(OCC)C(=O)O)c1)c1ccccc1. The highest BCUT2D eigenvalue weighted by atomic mass is 16.6. The molecule has 0 aliphatic carbocycles. The van der Waals surface area contributed by atoms with Gasteiger partial charge in [-0.15, -0.1) is 0 Å². The molecule has 0 amide bonds. The fourth-order valence-electron chi connectivity index (χ4n) is 2.48. The number of aliphatic carboxylic acids is 1. The molecule has 0 saturated carbocycles. The Morgan fingerprint density at radius 2 is 1.85 bits per heavy atom. The van der Waals surface area contributed by atoms with Crippen molar-refractivity contribution in [3.63, 3.8) is 0 Å². The minimum atomic E-state index is -0.974. The lowest BCUT2D eigenvalue weighted by molar-refractivity contribution is -0.149. The van der Waals surface area contributed by atoms with Crippen LogP contribution in [0.2, 0.25) is 0 Å². The summed E-state index contributed by atoms with van der Waals surface area (Å²) in [7, 11) is 0. The van der Waals surface area contributed by atoms with E-state index < -0.39 is 12.1 Å². The maximum atomic E-state index is 11.3. The van der Waals surface area contributed by atoms with Gasteiger partial charge in [-0.25, -0.2) is 4.79 Å². The molecule has 0 radical (unpaired) electrons. The van der Waals surface area contributed by atoms with Crippen molar-refractivity contribution in [2.75, 3.05) is 19.8 Å². The van der Waals surface area contributed by atoms with Gasteiger partial charge in [-0.3, -0.25) is 0 Å². The standard InChI is InChI=1S/C21H25NO5/c1-3-25-20(21(23)24)14-16-9-8-12-18(13-16)26-15-19(22-27-4-2)17-10-6-5-7-11-17/h5-13,20H,3-4,14-15H2,1-2H3,(H,23,24)/b22-19+. The van der Waals surface area contributed by atoms with Gasteiger partial charge in [-0.2, -0.15) is 0 Å². The lowest BCUT2D eigenvalue weighted by Crippen LogP contribution is -2.26. The number of benzene rings is 2. The Labute approximate surface area is 159 Å². The smallest absolute Gasteiger partial charge is 0.333 e. The predicted octanol–water partition coefficient (Wildman–Crippen LogP) is 3.54. The van der Waals surface area contributed by atoms with Gasteiger partial charge in [0.1, 0.15) is 24.7 Å². The van der Waals surface area contributed by atoms with Gasteiger partial charge in [0.25, 0.3) is 0 Å².